The van der Waals surface area contributed by atoms with Gasteiger partial charge in [-0.1, -0.05) is 37.7 Å². The third-order valence-corrected chi connectivity index (χ3v) is 6.06. The Hall–Kier alpha value is -2.32. The van der Waals surface area contributed by atoms with Gasteiger partial charge in [0, 0.05) is 19.3 Å². The third-order valence-electron chi connectivity index (χ3n) is 5.11. The number of amides is 1. The van der Waals surface area contributed by atoms with Gasteiger partial charge in [-0.15, -0.1) is 0 Å². The number of hydrogen-bond acceptors (Lipinski definition) is 7. The zero-order chi connectivity index (χ0) is 22.4. The van der Waals surface area contributed by atoms with E-state index in [0.29, 0.717) is 47.7 Å². The number of thioether (sulfide) groups is 1. The molecule has 3 rings (SSSR count). The Morgan fingerprint density at radius 1 is 1.23 bits per heavy atom. The molecule has 2 aliphatic rings. The molecule has 1 aromatic rings. The topological polar surface area (TPSA) is 77.4 Å². The van der Waals surface area contributed by atoms with Crippen LogP contribution in [0.3, 0.4) is 0 Å². The molecule has 1 fully saturated rings. The first kappa shape index (κ1) is 23.3. The Morgan fingerprint density at radius 2 is 1.97 bits per heavy atom. The number of carbonyl (C=O) groups is 2. The number of carbonyl (C=O) groups excluding carboxylic acids is 2. The Bertz CT molecular complexity index is 863. The lowest BCUT2D eigenvalue weighted by Crippen LogP contribution is -2.45. The molecule has 0 spiro atoms. The molecule has 0 aliphatic carbocycles. The van der Waals surface area contributed by atoms with Crippen LogP contribution in [-0.4, -0.2) is 54.6 Å². The van der Waals surface area contributed by atoms with Crippen molar-refractivity contribution in [1.29, 1.82) is 0 Å². The van der Waals surface area contributed by atoms with E-state index in [2.05, 4.69) is 18.8 Å². The Morgan fingerprint density at radius 3 is 2.65 bits per heavy atom. The third kappa shape index (κ3) is 5.68. The number of allylic oxidation sites excluding steroid dienone is 1. The van der Waals surface area contributed by atoms with Crippen LogP contribution in [0.4, 0.5) is 0 Å². The Balaban J connectivity index is 1.90. The van der Waals surface area contributed by atoms with Crippen LogP contribution >= 0.6 is 11.8 Å². The zero-order valence-electron chi connectivity index (χ0n) is 18.6. The molecule has 0 radical (unpaired) electrons. The van der Waals surface area contributed by atoms with Gasteiger partial charge in [0.25, 0.3) is 0 Å². The highest BCUT2D eigenvalue weighted by Crippen LogP contribution is 2.40. The first-order valence-electron chi connectivity index (χ1n) is 10.6. The number of benzene rings is 1. The highest BCUT2D eigenvalue weighted by Gasteiger charge is 2.41. The average Bonchev–Trinajstić information content (AvgIpc) is 2.73. The molecule has 0 aromatic heterocycles. The number of nitrogens with zero attached hydrogens (tertiary/aromatic N) is 2. The molecule has 168 valence electrons. The largest absolute Gasteiger partial charge is 0.494 e. The molecule has 31 heavy (non-hydrogen) atoms. The summed E-state index contributed by atoms with van der Waals surface area (Å²) in [7, 11) is 1.55. The van der Waals surface area contributed by atoms with Gasteiger partial charge in [-0.2, -0.15) is 0 Å². The summed E-state index contributed by atoms with van der Waals surface area (Å²) in [6.07, 6.45) is 1.38. The Labute approximate surface area is 187 Å². The molecule has 1 amide bonds. The number of methoxy groups -OCH3 is 1. The maximum absolute atomic E-state index is 12.9. The van der Waals surface area contributed by atoms with Gasteiger partial charge in [0.2, 0.25) is 5.91 Å². The van der Waals surface area contributed by atoms with Crippen LogP contribution in [0.5, 0.6) is 5.75 Å². The van der Waals surface area contributed by atoms with Gasteiger partial charge in [-0.05, 0) is 37.0 Å². The molecule has 0 saturated carbocycles. The van der Waals surface area contributed by atoms with Gasteiger partial charge in [0.15, 0.2) is 5.17 Å². The quantitative estimate of drug-likeness (QED) is 0.422. The summed E-state index contributed by atoms with van der Waals surface area (Å²) in [6, 6.07) is 6.99. The zero-order valence-corrected chi connectivity index (χ0v) is 19.4. The Kier molecular flexibility index (Phi) is 8.15. The normalized spacial score (nSPS) is 18.7. The molecular weight excluding hydrogens is 416 g/mol. The van der Waals surface area contributed by atoms with Gasteiger partial charge in [-0.3, -0.25) is 9.69 Å². The van der Waals surface area contributed by atoms with Crippen LogP contribution in [0.1, 0.15) is 45.2 Å². The second kappa shape index (κ2) is 10.8. The van der Waals surface area contributed by atoms with Crippen LogP contribution in [0.2, 0.25) is 0 Å². The van der Waals surface area contributed by atoms with Gasteiger partial charge in [-0.25, -0.2) is 9.79 Å². The predicted molar refractivity (Wildman–Crippen MR) is 121 cm³/mol. The van der Waals surface area contributed by atoms with Crippen molar-refractivity contribution in [1.82, 2.24) is 4.90 Å². The lowest BCUT2D eigenvalue weighted by atomic mass is 9.94. The van der Waals surface area contributed by atoms with E-state index in [1.165, 1.54) is 11.8 Å². The number of esters is 1. The molecule has 1 saturated heterocycles. The van der Waals surface area contributed by atoms with Crippen molar-refractivity contribution in [2.24, 2.45) is 10.9 Å². The highest BCUT2D eigenvalue weighted by atomic mass is 32.2. The number of fused-ring (bicyclic) bond motifs is 1. The fraction of sp³-hybridized carbons (Fsp3) is 0.522. The fourth-order valence-corrected chi connectivity index (χ4v) is 4.43. The van der Waals surface area contributed by atoms with Crippen LogP contribution in [-0.2, 0) is 19.1 Å². The van der Waals surface area contributed by atoms with E-state index >= 15 is 0 Å². The molecular formula is C23H30N2O5S. The van der Waals surface area contributed by atoms with Crippen LogP contribution in [0.25, 0.3) is 0 Å². The number of amidine groups is 1. The summed E-state index contributed by atoms with van der Waals surface area (Å²) < 4.78 is 16.2. The summed E-state index contributed by atoms with van der Waals surface area (Å²) in [6.45, 7) is 7.19. The van der Waals surface area contributed by atoms with Crippen molar-refractivity contribution in [2.45, 2.75) is 39.7 Å². The monoisotopic (exact) mass is 446 g/mol. The van der Waals surface area contributed by atoms with Gasteiger partial charge in [0.05, 0.1) is 30.5 Å². The average molecular weight is 447 g/mol. The molecule has 2 heterocycles. The highest BCUT2D eigenvalue weighted by molar-refractivity contribution is 8.14. The van der Waals surface area contributed by atoms with Crippen molar-refractivity contribution in [2.75, 3.05) is 32.7 Å². The van der Waals surface area contributed by atoms with E-state index in [0.717, 1.165) is 17.7 Å². The van der Waals surface area contributed by atoms with Crippen LogP contribution in [0, 0.1) is 5.92 Å². The van der Waals surface area contributed by atoms with E-state index in [1.807, 2.05) is 24.3 Å². The fourth-order valence-electron chi connectivity index (χ4n) is 3.43. The van der Waals surface area contributed by atoms with Crippen LogP contribution < -0.4 is 4.74 Å². The van der Waals surface area contributed by atoms with Crippen LogP contribution in [0.15, 0.2) is 40.5 Å². The lowest BCUT2D eigenvalue weighted by molar-refractivity contribution is -0.141. The van der Waals surface area contributed by atoms with Crippen molar-refractivity contribution < 1.29 is 23.8 Å². The molecule has 2 aliphatic heterocycles. The molecule has 8 heteroatoms. The summed E-state index contributed by atoms with van der Waals surface area (Å²) >= 11 is 1.53. The smallest absolute Gasteiger partial charge is 0.338 e. The van der Waals surface area contributed by atoms with Gasteiger partial charge >= 0.3 is 5.97 Å². The predicted octanol–water partition coefficient (Wildman–Crippen LogP) is 3.95. The number of ether oxygens (including phenoxy) is 3. The lowest BCUT2D eigenvalue weighted by Gasteiger charge is -2.38. The second-order valence-corrected chi connectivity index (χ2v) is 8.95. The maximum atomic E-state index is 12.9. The number of aliphatic imine (C=N–C) groups is 1. The molecule has 1 unspecified atom stereocenters. The number of hydrogen-bond donors (Lipinski definition) is 0. The van der Waals surface area contributed by atoms with Crippen molar-refractivity contribution >= 4 is 28.8 Å². The van der Waals surface area contributed by atoms with Crippen molar-refractivity contribution in [3.8, 4) is 5.75 Å². The van der Waals surface area contributed by atoms with Gasteiger partial charge < -0.3 is 14.2 Å². The van der Waals surface area contributed by atoms with Crippen molar-refractivity contribution in [3.05, 3.63) is 41.1 Å². The minimum Gasteiger partial charge on any atom is -0.494 e. The number of rotatable bonds is 9. The van der Waals surface area contributed by atoms with E-state index in [4.69, 9.17) is 14.2 Å². The minimum absolute atomic E-state index is 0.0468. The molecule has 1 atom stereocenters. The van der Waals surface area contributed by atoms with Gasteiger partial charge in [0.1, 0.15) is 12.4 Å². The molecule has 0 N–H and O–H groups in total. The summed E-state index contributed by atoms with van der Waals surface area (Å²) in [5, 5.41) is 0.629. The summed E-state index contributed by atoms with van der Waals surface area (Å²) in [5.74, 6) is 1.49. The first-order chi connectivity index (χ1) is 14.9. The molecule has 0 bridgehead atoms. The summed E-state index contributed by atoms with van der Waals surface area (Å²) in [4.78, 5) is 31.9. The SMILES string of the molecule is COCCOC(=O)C1=C(C)N=C2SCCC(=O)N2C1c1ccc(OCCC(C)C)cc1. The second-order valence-electron chi connectivity index (χ2n) is 7.89. The minimum atomic E-state index is -0.576. The van der Waals surface area contributed by atoms with E-state index in [-0.39, 0.29) is 12.5 Å². The van der Waals surface area contributed by atoms with E-state index < -0.39 is 12.0 Å². The first-order valence-corrected chi connectivity index (χ1v) is 11.5. The van der Waals surface area contributed by atoms with E-state index in [1.54, 1.807) is 18.9 Å². The molecule has 1 aromatic carbocycles. The van der Waals surface area contributed by atoms with E-state index in [9.17, 15) is 9.59 Å². The standard InChI is InChI=1S/C23H30N2O5S/c1-15(2)9-11-29-18-7-5-17(6-8-18)21-20(22(27)30-13-12-28-4)16(3)24-23-25(21)19(26)10-14-31-23/h5-8,15,21H,9-14H2,1-4H3. The summed E-state index contributed by atoms with van der Waals surface area (Å²) in [5.41, 5.74) is 1.76. The molecule has 7 nitrogen and oxygen atoms in total. The maximum Gasteiger partial charge on any atom is 0.338 e. The van der Waals surface area contributed by atoms with Crippen molar-refractivity contribution in [3.63, 3.8) is 0 Å².